The molecule has 0 radical (unpaired) electrons. The van der Waals surface area contributed by atoms with Gasteiger partial charge in [0, 0.05) is 24.5 Å². The SMILES string of the molecule is CC(C)C(N)CCN(C)C(=O)c1cc2c(s1)CCCC2. The van der Waals surface area contributed by atoms with E-state index < -0.39 is 0 Å². The van der Waals surface area contributed by atoms with Crippen LogP contribution in [0.5, 0.6) is 0 Å². The average Bonchev–Trinajstić information content (AvgIpc) is 2.87. The summed E-state index contributed by atoms with van der Waals surface area (Å²) in [6.07, 6.45) is 5.68. The van der Waals surface area contributed by atoms with Gasteiger partial charge in [0.25, 0.3) is 5.91 Å². The predicted molar refractivity (Wildman–Crippen MR) is 85.4 cm³/mol. The summed E-state index contributed by atoms with van der Waals surface area (Å²) in [7, 11) is 1.88. The van der Waals surface area contributed by atoms with E-state index in [-0.39, 0.29) is 11.9 Å². The summed E-state index contributed by atoms with van der Waals surface area (Å²) in [6, 6.07) is 2.28. The highest BCUT2D eigenvalue weighted by Crippen LogP contribution is 2.30. The maximum atomic E-state index is 12.4. The van der Waals surface area contributed by atoms with Gasteiger partial charge in [-0.05, 0) is 49.7 Å². The number of nitrogens with zero attached hydrogens (tertiary/aromatic N) is 1. The molecule has 4 heteroatoms. The molecule has 1 aliphatic rings. The largest absolute Gasteiger partial charge is 0.341 e. The van der Waals surface area contributed by atoms with Gasteiger partial charge in [-0.3, -0.25) is 4.79 Å². The third-order valence-electron chi connectivity index (χ3n) is 4.21. The lowest BCUT2D eigenvalue weighted by atomic mass is 9.99. The standard InChI is InChI=1S/C16H26N2OS/c1-11(2)13(17)8-9-18(3)16(19)15-10-12-6-4-5-7-14(12)20-15/h10-11,13H,4-9,17H2,1-3H3. The van der Waals surface area contributed by atoms with Crippen LogP contribution in [0.1, 0.15) is 53.2 Å². The van der Waals surface area contributed by atoms with Crippen LogP contribution in [-0.4, -0.2) is 30.4 Å². The second-order valence-electron chi connectivity index (χ2n) is 6.19. The van der Waals surface area contributed by atoms with Crippen molar-refractivity contribution >= 4 is 17.2 Å². The fraction of sp³-hybridized carbons (Fsp3) is 0.688. The molecule has 2 N–H and O–H groups in total. The Morgan fingerprint density at radius 1 is 1.40 bits per heavy atom. The van der Waals surface area contributed by atoms with E-state index in [2.05, 4.69) is 19.9 Å². The lowest BCUT2D eigenvalue weighted by molar-refractivity contribution is 0.0794. The number of carbonyl (C=O) groups excluding carboxylic acids is 1. The van der Waals surface area contributed by atoms with Gasteiger partial charge < -0.3 is 10.6 Å². The van der Waals surface area contributed by atoms with Crippen molar-refractivity contribution < 1.29 is 4.79 Å². The molecule has 1 aromatic heterocycles. The zero-order chi connectivity index (χ0) is 14.7. The van der Waals surface area contributed by atoms with Crippen LogP contribution in [0.25, 0.3) is 0 Å². The lowest BCUT2D eigenvalue weighted by Crippen LogP contribution is -2.34. The average molecular weight is 294 g/mol. The molecule has 1 atom stereocenters. The normalized spacial score (nSPS) is 16.1. The van der Waals surface area contributed by atoms with E-state index in [0.29, 0.717) is 5.92 Å². The molecule has 1 unspecified atom stereocenters. The summed E-state index contributed by atoms with van der Waals surface area (Å²) in [5.41, 5.74) is 7.45. The molecule has 0 fully saturated rings. The van der Waals surface area contributed by atoms with Crippen molar-refractivity contribution in [2.45, 2.75) is 52.0 Å². The van der Waals surface area contributed by atoms with Crippen molar-refractivity contribution in [3.05, 3.63) is 21.4 Å². The third-order valence-corrected chi connectivity index (χ3v) is 5.43. The molecule has 1 aromatic rings. The first kappa shape index (κ1) is 15.5. The Balaban J connectivity index is 1.94. The van der Waals surface area contributed by atoms with Gasteiger partial charge >= 0.3 is 0 Å². The zero-order valence-electron chi connectivity index (χ0n) is 12.8. The van der Waals surface area contributed by atoms with E-state index in [1.807, 2.05) is 11.9 Å². The number of hydrogen-bond acceptors (Lipinski definition) is 3. The number of hydrogen-bond donors (Lipinski definition) is 1. The maximum absolute atomic E-state index is 12.4. The van der Waals surface area contributed by atoms with Gasteiger partial charge in [0.15, 0.2) is 0 Å². The Morgan fingerprint density at radius 3 is 2.75 bits per heavy atom. The van der Waals surface area contributed by atoms with E-state index in [9.17, 15) is 4.79 Å². The van der Waals surface area contributed by atoms with E-state index in [1.54, 1.807) is 11.3 Å². The van der Waals surface area contributed by atoms with E-state index in [4.69, 9.17) is 5.73 Å². The van der Waals surface area contributed by atoms with Crippen molar-refractivity contribution in [1.82, 2.24) is 4.90 Å². The van der Waals surface area contributed by atoms with Crippen LogP contribution in [-0.2, 0) is 12.8 Å². The summed E-state index contributed by atoms with van der Waals surface area (Å²) in [4.78, 5) is 16.6. The van der Waals surface area contributed by atoms with Crippen molar-refractivity contribution in [3.8, 4) is 0 Å². The van der Waals surface area contributed by atoms with Crippen LogP contribution in [0.3, 0.4) is 0 Å². The summed E-state index contributed by atoms with van der Waals surface area (Å²) in [5.74, 6) is 0.618. The smallest absolute Gasteiger partial charge is 0.263 e. The molecule has 1 amide bonds. The molecule has 0 aliphatic heterocycles. The molecular formula is C16H26N2OS. The molecule has 20 heavy (non-hydrogen) atoms. The van der Waals surface area contributed by atoms with Crippen LogP contribution in [0.4, 0.5) is 0 Å². The summed E-state index contributed by atoms with van der Waals surface area (Å²) < 4.78 is 0. The number of rotatable bonds is 5. The third kappa shape index (κ3) is 3.61. The number of amides is 1. The summed E-state index contributed by atoms with van der Waals surface area (Å²) in [6.45, 7) is 4.99. The maximum Gasteiger partial charge on any atom is 0.263 e. The molecule has 0 spiro atoms. The highest BCUT2D eigenvalue weighted by atomic mass is 32.1. The van der Waals surface area contributed by atoms with Crippen molar-refractivity contribution in [1.29, 1.82) is 0 Å². The van der Waals surface area contributed by atoms with Gasteiger partial charge in [0.1, 0.15) is 0 Å². The molecular weight excluding hydrogens is 268 g/mol. The van der Waals surface area contributed by atoms with Crippen molar-refractivity contribution in [3.63, 3.8) is 0 Å². The van der Waals surface area contributed by atoms with Crippen molar-refractivity contribution in [2.24, 2.45) is 11.7 Å². The fourth-order valence-electron chi connectivity index (χ4n) is 2.56. The van der Waals surface area contributed by atoms with Crippen LogP contribution in [0.15, 0.2) is 6.07 Å². The van der Waals surface area contributed by atoms with E-state index >= 15 is 0 Å². The molecule has 1 heterocycles. The predicted octanol–water partition coefficient (Wildman–Crippen LogP) is 3.07. The Morgan fingerprint density at radius 2 is 2.10 bits per heavy atom. The number of carbonyl (C=O) groups is 1. The minimum absolute atomic E-state index is 0.153. The fourth-order valence-corrected chi connectivity index (χ4v) is 3.81. The number of fused-ring (bicyclic) bond motifs is 1. The molecule has 0 aromatic carbocycles. The molecule has 3 nitrogen and oxygen atoms in total. The number of nitrogens with two attached hydrogens (primary N) is 1. The number of aryl methyl sites for hydroxylation is 2. The van der Waals surface area contributed by atoms with Gasteiger partial charge in [-0.15, -0.1) is 11.3 Å². The second kappa shape index (κ2) is 6.72. The van der Waals surface area contributed by atoms with Gasteiger partial charge in [0.05, 0.1) is 4.88 Å². The van der Waals surface area contributed by atoms with Gasteiger partial charge in [-0.1, -0.05) is 13.8 Å². The molecule has 0 saturated heterocycles. The van der Waals surface area contributed by atoms with Gasteiger partial charge in [-0.2, -0.15) is 0 Å². The molecule has 1 aliphatic carbocycles. The van der Waals surface area contributed by atoms with Crippen molar-refractivity contribution in [2.75, 3.05) is 13.6 Å². The minimum Gasteiger partial charge on any atom is -0.341 e. The highest BCUT2D eigenvalue weighted by Gasteiger charge is 2.20. The van der Waals surface area contributed by atoms with Crippen LogP contribution in [0, 0.1) is 5.92 Å². The van der Waals surface area contributed by atoms with Crippen LogP contribution < -0.4 is 5.73 Å². The Labute approximate surface area is 126 Å². The van der Waals surface area contributed by atoms with E-state index in [0.717, 1.165) is 30.7 Å². The lowest BCUT2D eigenvalue weighted by Gasteiger charge is -2.21. The van der Waals surface area contributed by atoms with Crippen LogP contribution >= 0.6 is 11.3 Å². The topological polar surface area (TPSA) is 46.3 Å². The summed E-state index contributed by atoms with van der Waals surface area (Å²) >= 11 is 1.69. The first-order chi connectivity index (χ1) is 9.49. The van der Waals surface area contributed by atoms with E-state index in [1.165, 1.54) is 23.3 Å². The molecule has 0 bridgehead atoms. The number of thiophene rings is 1. The first-order valence-electron chi connectivity index (χ1n) is 7.61. The molecule has 0 saturated carbocycles. The highest BCUT2D eigenvalue weighted by molar-refractivity contribution is 7.14. The first-order valence-corrected chi connectivity index (χ1v) is 8.43. The Kier molecular flexibility index (Phi) is 5.22. The Bertz CT molecular complexity index is 444. The quantitative estimate of drug-likeness (QED) is 0.907. The van der Waals surface area contributed by atoms with Gasteiger partial charge in [-0.25, -0.2) is 0 Å². The minimum atomic E-state index is 0.153. The zero-order valence-corrected chi connectivity index (χ0v) is 13.6. The van der Waals surface area contributed by atoms with Crippen LogP contribution in [0.2, 0.25) is 0 Å². The van der Waals surface area contributed by atoms with Gasteiger partial charge in [0.2, 0.25) is 0 Å². The summed E-state index contributed by atoms with van der Waals surface area (Å²) in [5, 5.41) is 0. The molecule has 2 rings (SSSR count). The Hall–Kier alpha value is -0.870. The monoisotopic (exact) mass is 294 g/mol. The molecule has 112 valence electrons. The second-order valence-corrected chi connectivity index (χ2v) is 7.33.